The van der Waals surface area contributed by atoms with Crippen molar-refractivity contribution in [3.63, 3.8) is 0 Å². The summed E-state index contributed by atoms with van der Waals surface area (Å²) in [5.41, 5.74) is 0.818. The lowest BCUT2D eigenvalue weighted by Crippen LogP contribution is -2.21. The summed E-state index contributed by atoms with van der Waals surface area (Å²) in [6, 6.07) is 4.81. The van der Waals surface area contributed by atoms with E-state index in [0.717, 1.165) is 18.2 Å². The highest BCUT2D eigenvalue weighted by Crippen LogP contribution is 2.30. The first-order chi connectivity index (χ1) is 9.58. The minimum Gasteiger partial charge on any atom is -0.496 e. The van der Waals surface area contributed by atoms with Gasteiger partial charge in [0.05, 0.1) is 18.1 Å². The number of anilines is 1. The molecule has 1 N–H and O–H groups in total. The molecule has 1 aromatic rings. The number of ether oxygens (including phenoxy) is 1. The van der Waals surface area contributed by atoms with Crippen molar-refractivity contribution in [3.05, 3.63) is 28.3 Å². The van der Waals surface area contributed by atoms with Crippen LogP contribution < -0.4 is 10.1 Å². The standard InChI is InChI=1S/C15H22N2O3/c1-11-4-3-5-12(6-11)10-16-13-7-14(17(18)19)9-15(8-13)20-2/h7-9,11-12,16H,3-6,10H2,1-2H3. The van der Waals surface area contributed by atoms with Crippen LogP contribution in [0, 0.1) is 22.0 Å². The summed E-state index contributed by atoms with van der Waals surface area (Å²) in [5, 5.41) is 14.2. The van der Waals surface area contributed by atoms with Gasteiger partial charge in [-0.1, -0.05) is 19.8 Å². The van der Waals surface area contributed by atoms with Gasteiger partial charge in [0.2, 0.25) is 0 Å². The molecule has 5 nitrogen and oxygen atoms in total. The molecule has 1 fully saturated rings. The number of rotatable bonds is 5. The van der Waals surface area contributed by atoms with Gasteiger partial charge >= 0.3 is 0 Å². The van der Waals surface area contributed by atoms with E-state index in [-0.39, 0.29) is 5.69 Å². The average molecular weight is 278 g/mol. The minimum atomic E-state index is -0.392. The molecule has 5 heteroatoms. The molecular weight excluding hydrogens is 256 g/mol. The molecule has 2 unspecified atom stereocenters. The van der Waals surface area contributed by atoms with Crippen LogP contribution >= 0.6 is 0 Å². The van der Waals surface area contributed by atoms with Gasteiger partial charge in [0.1, 0.15) is 5.75 Å². The van der Waals surface area contributed by atoms with Gasteiger partial charge in [-0.05, 0) is 24.7 Å². The zero-order valence-electron chi connectivity index (χ0n) is 12.1. The fraction of sp³-hybridized carbons (Fsp3) is 0.600. The lowest BCUT2D eigenvalue weighted by molar-refractivity contribution is -0.384. The molecule has 1 aliphatic rings. The van der Waals surface area contributed by atoms with E-state index in [0.29, 0.717) is 11.7 Å². The van der Waals surface area contributed by atoms with Crippen LogP contribution in [0.5, 0.6) is 5.75 Å². The van der Waals surface area contributed by atoms with E-state index < -0.39 is 4.92 Å². The van der Waals surface area contributed by atoms with Crippen LogP contribution in [-0.2, 0) is 0 Å². The van der Waals surface area contributed by atoms with Gasteiger partial charge < -0.3 is 10.1 Å². The second-order valence-corrected chi connectivity index (χ2v) is 5.70. The number of benzene rings is 1. The normalized spacial score (nSPS) is 22.3. The maximum Gasteiger partial charge on any atom is 0.275 e. The summed E-state index contributed by atoms with van der Waals surface area (Å²) >= 11 is 0. The Bertz CT molecular complexity index is 476. The monoisotopic (exact) mass is 278 g/mol. The van der Waals surface area contributed by atoms with Crippen LogP contribution in [0.4, 0.5) is 11.4 Å². The summed E-state index contributed by atoms with van der Waals surface area (Å²) in [4.78, 5) is 10.5. The zero-order valence-corrected chi connectivity index (χ0v) is 12.1. The highest BCUT2D eigenvalue weighted by Gasteiger charge is 2.19. The Labute approximate surface area is 119 Å². The topological polar surface area (TPSA) is 64.4 Å². The quantitative estimate of drug-likeness (QED) is 0.656. The van der Waals surface area contributed by atoms with Gasteiger partial charge in [-0.2, -0.15) is 0 Å². The molecule has 0 spiro atoms. The predicted octanol–water partition coefficient (Wildman–Crippen LogP) is 3.84. The number of non-ortho nitro benzene ring substituents is 1. The lowest BCUT2D eigenvalue weighted by atomic mass is 9.82. The third-order valence-corrected chi connectivity index (χ3v) is 3.98. The molecule has 2 rings (SSSR count). The zero-order chi connectivity index (χ0) is 14.5. The van der Waals surface area contributed by atoms with Crippen molar-refractivity contribution >= 4 is 11.4 Å². The highest BCUT2D eigenvalue weighted by atomic mass is 16.6. The summed E-state index contributed by atoms with van der Waals surface area (Å²) in [7, 11) is 1.52. The Kier molecular flexibility index (Phi) is 4.82. The maximum atomic E-state index is 10.9. The van der Waals surface area contributed by atoms with Gasteiger partial charge in [0.25, 0.3) is 5.69 Å². The molecule has 2 atom stereocenters. The van der Waals surface area contributed by atoms with Gasteiger partial charge in [-0.3, -0.25) is 10.1 Å². The molecule has 0 bridgehead atoms. The third kappa shape index (κ3) is 3.85. The van der Waals surface area contributed by atoms with E-state index >= 15 is 0 Å². The molecule has 110 valence electrons. The minimum absolute atomic E-state index is 0.0591. The second kappa shape index (κ2) is 6.59. The van der Waals surface area contributed by atoms with Crippen LogP contribution in [0.15, 0.2) is 18.2 Å². The average Bonchev–Trinajstić information content (AvgIpc) is 2.45. The first-order valence-electron chi connectivity index (χ1n) is 7.16. The van der Waals surface area contributed by atoms with Crippen molar-refractivity contribution in [2.45, 2.75) is 32.6 Å². The van der Waals surface area contributed by atoms with Crippen LogP contribution in [-0.4, -0.2) is 18.6 Å². The Hall–Kier alpha value is -1.78. The maximum absolute atomic E-state index is 10.9. The number of nitrogens with zero attached hydrogens (tertiary/aromatic N) is 1. The lowest BCUT2D eigenvalue weighted by Gasteiger charge is -2.27. The molecule has 20 heavy (non-hydrogen) atoms. The molecule has 1 aromatic carbocycles. The largest absolute Gasteiger partial charge is 0.496 e. The van der Waals surface area contributed by atoms with E-state index in [2.05, 4.69) is 12.2 Å². The van der Waals surface area contributed by atoms with Gasteiger partial charge in [-0.25, -0.2) is 0 Å². The van der Waals surface area contributed by atoms with Crippen molar-refractivity contribution in [1.29, 1.82) is 0 Å². The van der Waals surface area contributed by atoms with Crippen LogP contribution in [0.25, 0.3) is 0 Å². The second-order valence-electron chi connectivity index (χ2n) is 5.70. The Morgan fingerprint density at radius 1 is 1.40 bits per heavy atom. The SMILES string of the molecule is COc1cc(NCC2CCCC(C)C2)cc([N+](=O)[O-])c1. The third-order valence-electron chi connectivity index (χ3n) is 3.98. The smallest absolute Gasteiger partial charge is 0.275 e. The van der Waals surface area contributed by atoms with E-state index in [9.17, 15) is 10.1 Å². The van der Waals surface area contributed by atoms with Crippen molar-refractivity contribution in [1.82, 2.24) is 0 Å². The Morgan fingerprint density at radius 3 is 2.85 bits per heavy atom. The number of nitrogens with one attached hydrogen (secondary N) is 1. The fourth-order valence-corrected chi connectivity index (χ4v) is 2.92. The number of nitro groups is 1. The summed E-state index contributed by atoms with van der Waals surface area (Å²) < 4.78 is 5.11. The van der Waals surface area contributed by atoms with Crippen molar-refractivity contribution in [2.75, 3.05) is 19.0 Å². The molecule has 0 amide bonds. The first kappa shape index (κ1) is 14.6. The fourth-order valence-electron chi connectivity index (χ4n) is 2.92. The van der Waals surface area contributed by atoms with Crippen molar-refractivity contribution in [2.24, 2.45) is 11.8 Å². The van der Waals surface area contributed by atoms with Gasteiger partial charge in [0.15, 0.2) is 0 Å². The molecule has 0 aliphatic heterocycles. The highest BCUT2D eigenvalue weighted by molar-refractivity contribution is 5.56. The van der Waals surface area contributed by atoms with E-state index in [1.54, 1.807) is 12.1 Å². The Balaban J connectivity index is 2.01. The molecule has 1 aliphatic carbocycles. The van der Waals surface area contributed by atoms with Crippen molar-refractivity contribution < 1.29 is 9.66 Å². The molecule has 0 saturated heterocycles. The van der Waals surface area contributed by atoms with E-state index in [1.165, 1.54) is 38.9 Å². The molecule has 0 radical (unpaired) electrons. The summed E-state index contributed by atoms with van der Waals surface area (Å²) in [6.45, 7) is 3.16. The number of hydrogen-bond donors (Lipinski definition) is 1. The number of nitro benzene ring substituents is 1. The molecular formula is C15H22N2O3. The number of hydrogen-bond acceptors (Lipinski definition) is 4. The van der Waals surface area contributed by atoms with Crippen LogP contribution in [0.3, 0.4) is 0 Å². The summed E-state index contributed by atoms with van der Waals surface area (Å²) in [5.74, 6) is 1.96. The predicted molar refractivity (Wildman–Crippen MR) is 79.3 cm³/mol. The number of methoxy groups -OCH3 is 1. The molecule has 0 aromatic heterocycles. The van der Waals surface area contributed by atoms with Crippen LogP contribution in [0.1, 0.15) is 32.6 Å². The molecule has 1 saturated carbocycles. The van der Waals surface area contributed by atoms with E-state index in [4.69, 9.17) is 4.74 Å². The van der Waals surface area contributed by atoms with Gasteiger partial charge in [-0.15, -0.1) is 0 Å². The molecule has 0 heterocycles. The van der Waals surface area contributed by atoms with Crippen LogP contribution in [0.2, 0.25) is 0 Å². The van der Waals surface area contributed by atoms with Crippen molar-refractivity contribution in [3.8, 4) is 5.75 Å². The first-order valence-corrected chi connectivity index (χ1v) is 7.16. The summed E-state index contributed by atoms with van der Waals surface area (Å²) in [6.07, 6.45) is 5.08. The Morgan fingerprint density at radius 2 is 2.20 bits per heavy atom. The van der Waals surface area contributed by atoms with E-state index in [1.807, 2.05) is 0 Å². The van der Waals surface area contributed by atoms with Gasteiger partial charge in [0, 0.05) is 24.4 Å².